The summed E-state index contributed by atoms with van der Waals surface area (Å²) in [5.74, 6) is 1.84. The molecule has 0 spiro atoms. The maximum Gasteiger partial charge on any atom is 0.175 e. The molecular weight excluding hydrogens is 332 g/mol. The highest BCUT2D eigenvalue weighted by Crippen LogP contribution is 2.43. The van der Waals surface area contributed by atoms with Crippen molar-refractivity contribution in [3.05, 3.63) is 22.2 Å². The summed E-state index contributed by atoms with van der Waals surface area (Å²) in [4.78, 5) is 12.3. The molecular formula is C17H23BrO3. The number of Topliss-reactive ketones (excluding diaryl/α,β-unsaturated/α-hetero) is 1. The third kappa shape index (κ3) is 3.25. The molecule has 0 bridgehead atoms. The van der Waals surface area contributed by atoms with E-state index in [1.165, 1.54) is 0 Å². The van der Waals surface area contributed by atoms with E-state index in [0.717, 1.165) is 29.3 Å². The molecule has 0 saturated heterocycles. The molecule has 1 aliphatic rings. The molecule has 1 aliphatic carbocycles. The van der Waals surface area contributed by atoms with Crippen molar-refractivity contribution >= 4 is 21.7 Å². The summed E-state index contributed by atoms with van der Waals surface area (Å²) in [5.41, 5.74) is 1.16. The van der Waals surface area contributed by atoms with Gasteiger partial charge in [-0.05, 0) is 52.2 Å². The van der Waals surface area contributed by atoms with Crippen LogP contribution in [0.1, 0.15) is 38.7 Å². The van der Waals surface area contributed by atoms with Crippen LogP contribution < -0.4 is 9.47 Å². The van der Waals surface area contributed by atoms with Crippen LogP contribution in [0.5, 0.6) is 11.5 Å². The lowest BCUT2D eigenvalue weighted by Crippen LogP contribution is -2.36. The van der Waals surface area contributed by atoms with Gasteiger partial charge in [0.2, 0.25) is 0 Å². The smallest absolute Gasteiger partial charge is 0.175 e. The molecule has 1 atom stereocenters. The Bertz CT molecular complexity index is 537. The van der Waals surface area contributed by atoms with Crippen LogP contribution in [0.15, 0.2) is 16.6 Å². The molecule has 1 aromatic rings. The molecule has 1 aromatic carbocycles. The lowest BCUT2D eigenvalue weighted by molar-refractivity contribution is -0.129. The van der Waals surface area contributed by atoms with Gasteiger partial charge in [0, 0.05) is 12.3 Å². The summed E-state index contributed by atoms with van der Waals surface area (Å²) in [6.45, 7) is 4.40. The van der Waals surface area contributed by atoms with E-state index in [0.29, 0.717) is 23.7 Å². The van der Waals surface area contributed by atoms with E-state index < -0.39 is 0 Å². The normalized spacial score (nSPS) is 21.2. The molecule has 3 nitrogen and oxygen atoms in total. The zero-order chi connectivity index (χ0) is 15.6. The van der Waals surface area contributed by atoms with Crippen LogP contribution in [-0.2, 0) is 11.2 Å². The summed E-state index contributed by atoms with van der Waals surface area (Å²) in [6, 6.07) is 3.92. The molecule has 1 saturated carbocycles. The van der Waals surface area contributed by atoms with Crippen molar-refractivity contribution in [1.82, 2.24) is 0 Å². The minimum absolute atomic E-state index is 0.0575. The number of methoxy groups -OCH3 is 2. The highest BCUT2D eigenvalue weighted by molar-refractivity contribution is 9.10. The molecule has 0 amide bonds. The van der Waals surface area contributed by atoms with Gasteiger partial charge in [-0.15, -0.1) is 0 Å². The largest absolute Gasteiger partial charge is 0.493 e. The first kappa shape index (κ1) is 16.3. The van der Waals surface area contributed by atoms with E-state index >= 15 is 0 Å². The zero-order valence-corrected chi connectivity index (χ0v) is 14.7. The number of benzene rings is 1. The molecule has 1 unspecified atom stereocenters. The minimum Gasteiger partial charge on any atom is -0.493 e. The van der Waals surface area contributed by atoms with Crippen molar-refractivity contribution in [3.63, 3.8) is 0 Å². The van der Waals surface area contributed by atoms with Crippen molar-refractivity contribution in [3.8, 4) is 11.5 Å². The van der Waals surface area contributed by atoms with E-state index in [-0.39, 0.29) is 11.3 Å². The standard InChI is InChI=1S/C17H23BrO3/c1-17(2)9-5-6-13(19)12(17)10-11-7-8-14(20-3)16(21-4)15(11)18/h7-8,12H,5-6,9-10H2,1-4H3. The number of carbonyl (C=O) groups is 1. The Kier molecular flexibility index (Phi) is 4.97. The van der Waals surface area contributed by atoms with Gasteiger partial charge in [-0.25, -0.2) is 0 Å². The summed E-state index contributed by atoms with van der Waals surface area (Å²) in [7, 11) is 3.25. The van der Waals surface area contributed by atoms with Gasteiger partial charge in [-0.2, -0.15) is 0 Å². The van der Waals surface area contributed by atoms with Gasteiger partial charge in [0.05, 0.1) is 18.7 Å². The van der Waals surface area contributed by atoms with E-state index in [2.05, 4.69) is 29.8 Å². The molecule has 0 heterocycles. The Morgan fingerprint density at radius 1 is 1.29 bits per heavy atom. The molecule has 21 heavy (non-hydrogen) atoms. The van der Waals surface area contributed by atoms with Crippen molar-refractivity contribution in [2.45, 2.75) is 39.5 Å². The summed E-state index contributed by atoms with van der Waals surface area (Å²) in [5, 5.41) is 0. The fraction of sp³-hybridized carbons (Fsp3) is 0.588. The average Bonchev–Trinajstić information content (AvgIpc) is 2.43. The van der Waals surface area contributed by atoms with E-state index in [1.54, 1.807) is 14.2 Å². The third-order valence-corrected chi connectivity index (χ3v) is 5.43. The first-order valence-corrected chi connectivity index (χ1v) is 8.12. The molecule has 1 fully saturated rings. The number of ether oxygens (including phenoxy) is 2. The average molecular weight is 355 g/mol. The molecule has 116 valence electrons. The van der Waals surface area contributed by atoms with Crippen molar-refractivity contribution in [2.75, 3.05) is 14.2 Å². The van der Waals surface area contributed by atoms with Crippen LogP contribution in [0.3, 0.4) is 0 Å². The van der Waals surface area contributed by atoms with E-state index in [4.69, 9.17) is 9.47 Å². The Morgan fingerprint density at radius 2 is 2.00 bits per heavy atom. The maximum atomic E-state index is 12.3. The molecule has 0 N–H and O–H groups in total. The van der Waals surface area contributed by atoms with Crippen LogP contribution >= 0.6 is 15.9 Å². The molecule has 2 rings (SSSR count). The molecule has 0 radical (unpaired) electrons. The Balaban J connectivity index is 2.33. The van der Waals surface area contributed by atoms with Gasteiger partial charge in [0.1, 0.15) is 5.78 Å². The van der Waals surface area contributed by atoms with Crippen molar-refractivity contribution in [1.29, 1.82) is 0 Å². The molecule has 0 aromatic heterocycles. The second-order valence-electron chi connectivity index (χ2n) is 6.34. The Labute approximate surface area is 135 Å². The van der Waals surface area contributed by atoms with E-state index in [1.807, 2.05) is 12.1 Å². The number of halogens is 1. The maximum absolute atomic E-state index is 12.3. The Hall–Kier alpha value is -1.03. The second-order valence-corrected chi connectivity index (χ2v) is 7.13. The van der Waals surface area contributed by atoms with Crippen molar-refractivity contribution in [2.24, 2.45) is 11.3 Å². The van der Waals surface area contributed by atoms with Crippen LogP contribution in [0.2, 0.25) is 0 Å². The predicted octanol–water partition coefficient (Wildman–Crippen LogP) is 4.40. The number of hydrogen-bond acceptors (Lipinski definition) is 3. The number of rotatable bonds is 4. The number of carbonyl (C=O) groups excluding carboxylic acids is 1. The molecule has 4 heteroatoms. The minimum atomic E-state index is 0.0575. The lowest BCUT2D eigenvalue weighted by atomic mass is 9.66. The topological polar surface area (TPSA) is 35.5 Å². The van der Waals surface area contributed by atoms with Crippen LogP contribution in [0, 0.1) is 11.3 Å². The van der Waals surface area contributed by atoms with Gasteiger partial charge in [-0.3, -0.25) is 4.79 Å². The van der Waals surface area contributed by atoms with Crippen molar-refractivity contribution < 1.29 is 14.3 Å². The Morgan fingerprint density at radius 3 is 2.57 bits per heavy atom. The van der Waals surface area contributed by atoms with Gasteiger partial charge in [-0.1, -0.05) is 19.9 Å². The van der Waals surface area contributed by atoms with Gasteiger partial charge in [0.25, 0.3) is 0 Å². The number of ketones is 1. The summed E-state index contributed by atoms with van der Waals surface area (Å²) in [6.07, 6.45) is 3.57. The lowest BCUT2D eigenvalue weighted by Gasteiger charge is -2.37. The van der Waals surface area contributed by atoms with Crippen LogP contribution in [0.25, 0.3) is 0 Å². The second kappa shape index (κ2) is 6.39. The van der Waals surface area contributed by atoms with E-state index in [9.17, 15) is 4.79 Å². The highest BCUT2D eigenvalue weighted by atomic mass is 79.9. The summed E-state index contributed by atoms with van der Waals surface area (Å²) >= 11 is 3.60. The highest BCUT2D eigenvalue weighted by Gasteiger charge is 2.38. The van der Waals surface area contributed by atoms with Gasteiger partial charge in [0.15, 0.2) is 11.5 Å². The molecule has 0 aliphatic heterocycles. The fourth-order valence-corrected chi connectivity index (χ4v) is 3.85. The van der Waals surface area contributed by atoms with Gasteiger partial charge >= 0.3 is 0 Å². The zero-order valence-electron chi connectivity index (χ0n) is 13.2. The van der Waals surface area contributed by atoms with Gasteiger partial charge < -0.3 is 9.47 Å². The van der Waals surface area contributed by atoms with Crippen LogP contribution in [-0.4, -0.2) is 20.0 Å². The third-order valence-electron chi connectivity index (χ3n) is 4.57. The predicted molar refractivity (Wildman–Crippen MR) is 87.1 cm³/mol. The quantitative estimate of drug-likeness (QED) is 0.803. The summed E-state index contributed by atoms with van der Waals surface area (Å²) < 4.78 is 11.6. The monoisotopic (exact) mass is 354 g/mol. The first-order valence-electron chi connectivity index (χ1n) is 7.32. The number of hydrogen-bond donors (Lipinski definition) is 0. The fourth-order valence-electron chi connectivity index (χ4n) is 3.20. The SMILES string of the molecule is COc1ccc(CC2C(=O)CCCC2(C)C)c(Br)c1OC. The van der Waals surface area contributed by atoms with Crippen LogP contribution in [0.4, 0.5) is 0 Å². The first-order chi connectivity index (χ1) is 9.90.